The van der Waals surface area contributed by atoms with Gasteiger partial charge in [-0.05, 0) is 31.2 Å². The second-order valence-corrected chi connectivity index (χ2v) is 5.34. The third kappa shape index (κ3) is 6.75. The molecular formula is C14H16F3NO3S. The van der Waals surface area contributed by atoms with Crippen molar-refractivity contribution in [3.05, 3.63) is 34.5 Å². The zero-order valence-corrected chi connectivity index (χ0v) is 12.7. The SMILES string of the molecule is CCOC(=O)/C=C/[C@@H](CCc1cccs1)NC(=O)C(F)(F)F. The van der Waals surface area contributed by atoms with E-state index in [0.717, 1.165) is 11.0 Å². The van der Waals surface area contributed by atoms with Crippen molar-refractivity contribution in [2.24, 2.45) is 0 Å². The van der Waals surface area contributed by atoms with E-state index in [1.54, 1.807) is 6.92 Å². The Bertz CT molecular complexity index is 512. The molecule has 1 N–H and O–H groups in total. The monoisotopic (exact) mass is 335 g/mol. The van der Waals surface area contributed by atoms with Crippen LogP contribution < -0.4 is 5.32 Å². The molecule has 0 spiro atoms. The van der Waals surface area contributed by atoms with Gasteiger partial charge < -0.3 is 10.1 Å². The van der Waals surface area contributed by atoms with Crippen LogP contribution in [0.3, 0.4) is 0 Å². The summed E-state index contributed by atoms with van der Waals surface area (Å²) in [7, 11) is 0. The molecule has 1 heterocycles. The number of halogens is 3. The van der Waals surface area contributed by atoms with Crippen LogP contribution in [-0.2, 0) is 20.7 Å². The second kappa shape index (κ2) is 8.57. The number of aryl methyl sites for hydroxylation is 1. The fourth-order valence-corrected chi connectivity index (χ4v) is 2.33. The molecule has 1 aromatic rings. The molecular weight excluding hydrogens is 319 g/mol. The standard InChI is InChI=1S/C14H16F3NO3S/c1-2-21-12(19)8-6-10(18-13(20)14(15,16)17)5-7-11-4-3-9-22-11/h3-4,6,8-10H,2,5,7H2,1H3,(H,18,20)/b8-6+/t10-/m1/s1. The number of thiophene rings is 1. The minimum absolute atomic E-state index is 0.165. The first-order valence-corrected chi connectivity index (χ1v) is 7.46. The number of nitrogens with one attached hydrogen (secondary N) is 1. The lowest BCUT2D eigenvalue weighted by Crippen LogP contribution is -2.42. The first-order chi connectivity index (χ1) is 10.3. The van der Waals surface area contributed by atoms with Crippen molar-refractivity contribution in [1.29, 1.82) is 0 Å². The number of carbonyl (C=O) groups is 2. The van der Waals surface area contributed by atoms with Gasteiger partial charge in [0.05, 0.1) is 6.61 Å². The summed E-state index contributed by atoms with van der Waals surface area (Å²) in [6.45, 7) is 1.78. The molecule has 1 atom stereocenters. The summed E-state index contributed by atoms with van der Waals surface area (Å²) in [5.41, 5.74) is 0. The first kappa shape index (κ1) is 18.2. The number of alkyl halides is 3. The van der Waals surface area contributed by atoms with Gasteiger partial charge in [-0.3, -0.25) is 4.79 Å². The summed E-state index contributed by atoms with van der Waals surface area (Å²) >= 11 is 1.47. The Hall–Kier alpha value is -1.83. The number of hydrogen-bond donors (Lipinski definition) is 1. The minimum atomic E-state index is -4.96. The largest absolute Gasteiger partial charge is 0.471 e. The molecule has 0 unspecified atom stereocenters. The van der Waals surface area contributed by atoms with Crippen molar-refractivity contribution in [3.8, 4) is 0 Å². The summed E-state index contributed by atoms with van der Waals surface area (Å²) in [5.74, 6) is -2.69. The second-order valence-electron chi connectivity index (χ2n) is 4.31. The third-order valence-corrected chi connectivity index (χ3v) is 3.54. The Morgan fingerprint density at radius 2 is 2.18 bits per heavy atom. The number of carbonyl (C=O) groups excluding carboxylic acids is 2. The van der Waals surface area contributed by atoms with Crippen LogP contribution in [0.25, 0.3) is 0 Å². The molecule has 0 fully saturated rings. The molecule has 122 valence electrons. The fraction of sp³-hybridized carbons (Fsp3) is 0.429. The number of amides is 1. The molecule has 22 heavy (non-hydrogen) atoms. The van der Waals surface area contributed by atoms with E-state index in [-0.39, 0.29) is 13.0 Å². The van der Waals surface area contributed by atoms with Crippen LogP contribution in [0.2, 0.25) is 0 Å². The predicted molar refractivity (Wildman–Crippen MR) is 76.4 cm³/mol. The van der Waals surface area contributed by atoms with Gasteiger partial charge in [0.25, 0.3) is 0 Å². The van der Waals surface area contributed by atoms with Gasteiger partial charge >= 0.3 is 18.1 Å². The van der Waals surface area contributed by atoms with Gasteiger partial charge in [-0.1, -0.05) is 12.1 Å². The number of rotatable bonds is 7. The molecule has 0 aliphatic rings. The van der Waals surface area contributed by atoms with Gasteiger partial charge in [0.15, 0.2) is 0 Å². The van der Waals surface area contributed by atoms with Crippen LogP contribution in [0, 0.1) is 0 Å². The third-order valence-electron chi connectivity index (χ3n) is 2.61. The number of esters is 1. The van der Waals surface area contributed by atoms with E-state index in [0.29, 0.717) is 6.42 Å². The van der Waals surface area contributed by atoms with Gasteiger partial charge in [0.2, 0.25) is 0 Å². The average molecular weight is 335 g/mol. The maximum atomic E-state index is 12.3. The van der Waals surface area contributed by atoms with E-state index in [1.807, 2.05) is 22.8 Å². The average Bonchev–Trinajstić information content (AvgIpc) is 2.94. The number of hydrogen-bond acceptors (Lipinski definition) is 4. The van der Waals surface area contributed by atoms with E-state index in [9.17, 15) is 22.8 Å². The smallest absolute Gasteiger partial charge is 0.463 e. The van der Waals surface area contributed by atoms with E-state index >= 15 is 0 Å². The molecule has 1 amide bonds. The van der Waals surface area contributed by atoms with Gasteiger partial charge in [-0.2, -0.15) is 13.2 Å². The quantitative estimate of drug-likeness (QED) is 0.616. The van der Waals surface area contributed by atoms with Crippen molar-refractivity contribution in [2.45, 2.75) is 32.0 Å². The maximum Gasteiger partial charge on any atom is 0.471 e. The highest BCUT2D eigenvalue weighted by atomic mass is 32.1. The molecule has 0 aliphatic heterocycles. The first-order valence-electron chi connectivity index (χ1n) is 6.58. The Kier molecular flexibility index (Phi) is 7.10. The molecule has 0 aromatic carbocycles. The Labute approximate surface area is 130 Å². The van der Waals surface area contributed by atoms with E-state index in [1.165, 1.54) is 17.4 Å². The van der Waals surface area contributed by atoms with E-state index in [4.69, 9.17) is 0 Å². The lowest BCUT2D eigenvalue weighted by molar-refractivity contribution is -0.174. The van der Waals surface area contributed by atoms with Crippen LogP contribution in [0.4, 0.5) is 13.2 Å². The van der Waals surface area contributed by atoms with Crippen molar-refractivity contribution >= 4 is 23.2 Å². The molecule has 0 radical (unpaired) electrons. The molecule has 8 heteroatoms. The van der Waals surface area contributed by atoms with Crippen LogP contribution >= 0.6 is 11.3 Å². The predicted octanol–water partition coefficient (Wildman–Crippen LogP) is 2.85. The lowest BCUT2D eigenvalue weighted by atomic mass is 10.1. The summed E-state index contributed by atoms with van der Waals surface area (Å²) in [4.78, 5) is 23.2. The Balaban J connectivity index is 2.67. The highest BCUT2D eigenvalue weighted by Gasteiger charge is 2.39. The van der Waals surface area contributed by atoms with Crippen LogP contribution in [0.5, 0.6) is 0 Å². The molecule has 0 aliphatic carbocycles. The molecule has 4 nitrogen and oxygen atoms in total. The van der Waals surface area contributed by atoms with Gasteiger partial charge in [0, 0.05) is 17.0 Å². The summed E-state index contributed by atoms with van der Waals surface area (Å²) in [5, 5.41) is 3.72. The van der Waals surface area contributed by atoms with Crippen molar-refractivity contribution in [3.63, 3.8) is 0 Å². The topological polar surface area (TPSA) is 55.4 Å². The van der Waals surface area contributed by atoms with Gasteiger partial charge in [0.1, 0.15) is 0 Å². The molecule has 1 rings (SSSR count). The molecule has 0 saturated carbocycles. The Morgan fingerprint density at radius 1 is 1.45 bits per heavy atom. The Morgan fingerprint density at radius 3 is 2.73 bits per heavy atom. The van der Waals surface area contributed by atoms with E-state index < -0.39 is 24.1 Å². The zero-order chi connectivity index (χ0) is 16.6. The van der Waals surface area contributed by atoms with Crippen molar-refractivity contribution < 1.29 is 27.5 Å². The highest BCUT2D eigenvalue weighted by molar-refractivity contribution is 7.09. The van der Waals surface area contributed by atoms with Crippen LogP contribution in [0.15, 0.2) is 29.7 Å². The van der Waals surface area contributed by atoms with Crippen molar-refractivity contribution in [1.82, 2.24) is 5.32 Å². The normalized spacial score (nSPS) is 13.1. The number of ether oxygens (including phenoxy) is 1. The van der Waals surface area contributed by atoms with E-state index in [2.05, 4.69) is 4.74 Å². The van der Waals surface area contributed by atoms with Crippen LogP contribution in [0.1, 0.15) is 18.2 Å². The maximum absolute atomic E-state index is 12.3. The molecule has 0 bridgehead atoms. The fourth-order valence-electron chi connectivity index (χ4n) is 1.60. The zero-order valence-electron chi connectivity index (χ0n) is 11.9. The van der Waals surface area contributed by atoms with Crippen LogP contribution in [-0.4, -0.2) is 30.7 Å². The van der Waals surface area contributed by atoms with Crippen molar-refractivity contribution in [2.75, 3.05) is 6.61 Å². The van der Waals surface area contributed by atoms with Gasteiger partial charge in [-0.25, -0.2) is 4.79 Å². The minimum Gasteiger partial charge on any atom is -0.463 e. The molecule has 0 saturated heterocycles. The summed E-state index contributed by atoms with van der Waals surface area (Å²) in [6.07, 6.45) is -1.97. The summed E-state index contributed by atoms with van der Waals surface area (Å²) in [6, 6.07) is 2.78. The summed E-state index contributed by atoms with van der Waals surface area (Å²) < 4.78 is 41.6. The lowest BCUT2D eigenvalue weighted by Gasteiger charge is -2.16. The van der Waals surface area contributed by atoms with Gasteiger partial charge in [-0.15, -0.1) is 11.3 Å². The highest BCUT2D eigenvalue weighted by Crippen LogP contribution is 2.17. The molecule has 1 aromatic heterocycles.